The van der Waals surface area contributed by atoms with Crippen molar-refractivity contribution >= 4 is 34.8 Å². The van der Waals surface area contributed by atoms with Crippen LogP contribution in [0.25, 0.3) is 0 Å². The van der Waals surface area contributed by atoms with Gasteiger partial charge in [-0.1, -0.05) is 43.4 Å². The van der Waals surface area contributed by atoms with Crippen LogP contribution in [0.4, 0.5) is 4.39 Å². The third kappa shape index (κ3) is 5.29. The van der Waals surface area contributed by atoms with E-state index in [4.69, 9.17) is 11.6 Å². The summed E-state index contributed by atoms with van der Waals surface area (Å²) in [7, 11) is 0. The summed E-state index contributed by atoms with van der Waals surface area (Å²) in [4.78, 5) is 29.6. The number of halogens is 2. The molecular formula is C23H24ClFN4O2S. The largest absolute Gasteiger partial charge is 0.352 e. The Labute approximate surface area is 195 Å². The summed E-state index contributed by atoms with van der Waals surface area (Å²) in [6, 6.07) is 2.73. The van der Waals surface area contributed by atoms with E-state index in [0.29, 0.717) is 11.5 Å². The van der Waals surface area contributed by atoms with E-state index in [1.807, 2.05) is 0 Å². The SMILES string of the molecule is CC(C)C(=O)NCc1ccc(Cl)c(C2NC(=O)CC(c3ncc(C#CC4CC4)s3)N2)c1F. The number of hydrogen-bond donors (Lipinski definition) is 3. The number of amides is 2. The predicted molar refractivity (Wildman–Crippen MR) is 121 cm³/mol. The van der Waals surface area contributed by atoms with Crippen molar-refractivity contribution < 1.29 is 14.0 Å². The van der Waals surface area contributed by atoms with Crippen LogP contribution in [0, 0.1) is 29.5 Å². The van der Waals surface area contributed by atoms with Gasteiger partial charge in [0.1, 0.15) is 17.0 Å². The number of carbonyl (C=O) groups excluding carboxylic acids is 2. The van der Waals surface area contributed by atoms with E-state index < -0.39 is 12.0 Å². The Balaban J connectivity index is 1.54. The average molecular weight is 475 g/mol. The summed E-state index contributed by atoms with van der Waals surface area (Å²) >= 11 is 7.75. The molecule has 2 fully saturated rings. The summed E-state index contributed by atoms with van der Waals surface area (Å²) in [5.41, 5.74) is 0.440. The molecule has 2 aromatic rings. The molecule has 4 rings (SSSR count). The highest BCUT2D eigenvalue weighted by atomic mass is 35.5. The molecule has 32 heavy (non-hydrogen) atoms. The van der Waals surface area contributed by atoms with Crippen LogP contribution in [0.15, 0.2) is 18.3 Å². The quantitative estimate of drug-likeness (QED) is 0.575. The summed E-state index contributed by atoms with van der Waals surface area (Å²) in [6.07, 6.45) is 3.38. The number of thiazole rings is 1. The van der Waals surface area contributed by atoms with Gasteiger partial charge in [0.15, 0.2) is 0 Å². The highest BCUT2D eigenvalue weighted by Crippen LogP contribution is 2.33. The Hall–Kier alpha value is -2.47. The maximum Gasteiger partial charge on any atom is 0.223 e. The van der Waals surface area contributed by atoms with Gasteiger partial charge in [-0.3, -0.25) is 14.9 Å². The van der Waals surface area contributed by atoms with E-state index in [1.54, 1.807) is 26.1 Å². The highest BCUT2D eigenvalue weighted by molar-refractivity contribution is 7.12. The summed E-state index contributed by atoms with van der Waals surface area (Å²) < 4.78 is 15.4. The van der Waals surface area contributed by atoms with Crippen molar-refractivity contribution in [2.24, 2.45) is 11.8 Å². The Morgan fingerprint density at radius 1 is 1.41 bits per heavy atom. The molecule has 1 aliphatic carbocycles. The number of aromatic nitrogens is 1. The normalized spacial score (nSPS) is 20.5. The predicted octanol–water partition coefficient (Wildman–Crippen LogP) is 3.82. The summed E-state index contributed by atoms with van der Waals surface area (Å²) in [6.45, 7) is 3.57. The number of hydrogen-bond acceptors (Lipinski definition) is 5. The molecule has 2 atom stereocenters. The molecule has 2 heterocycles. The molecule has 1 aromatic heterocycles. The average Bonchev–Trinajstić information content (AvgIpc) is 3.46. The molecule has 0 radical (unpaired) electrons. The van der Waals surface area contributed by atoms with Crippen LogP contribution in [0.1, 0.15) is 66.3 Å². The monoisotopic (exact) mass is 474 g/mol. The Morgan fingerprint density at radius 2 is 2.19 bits per heavy atom. The number of nitrogens with zero attached hydrogens (tertiary/aromatic N) is 1. The van der Waals surface area contributed by atoms with E-state index >= 15 is 4.39 Å². The van der Waals surface area contributed by atoms with Crippen LogP contribution < -0.4 is 16.0 Å². The van der Waals surface area contributed by atoms with Gasteiger partial charge < -0.3 is 10.6 Å². The van der Waals surface area contributed by atoms with Gasteiger partial charge in [-0.05, 0) is 18.9 Å². The lowest BCUT2D eigenvalue weighted by molar-refractivity contribution is -0.125. The molecule has 1 saturated carbocycles. The van der Waals surface area contributed by atoms with Gasteiger partial charge in [0.05, 0.1) is 22.1 Å². The Morgan fingerprint density at radius 3 is 2.91 bits per heavy atom. The number of rotatable bonds is 5. The van der Waals surface area contributed by atoms with Crippen molar-refractivity contribution in [3.63, 3.8) is 0 Å². The van der Waals surface area contributed by atoms with Gasteiger partial charge in [0.2, 0.25) is 11.8 Å². The molecule has 3 N–H and O–H groups in total. The van der Waals surface area contributed by atoms with Crippen LogP contribution in [0.5, 0.6) is 0 Å². The van der Waals surface area contributed by atoms with Gasteiger partial charge >= 0.3 is 0 Å². The van der Waals surface area contributed by atoms with E-state index in [9.17, 15) is 9.59 Å². The first-order valence-electron chi connectivity index (χ1n) is 10.6. The van der Waals surface area contributed by atoms with Crippen LogP contribution in [0.2, 0.25) is 5.02 Å². The highest BCUT2D eigenvalue weighted by Gasteiger charge is 2.33. The third-order valence-electron chi connectivity index (χ3n) is 5.33. The Bertz CT molecular complexity index is 1100. The number of benzene rings is 1. The standard InChI is InChI=1S/C23H24ClFN4O2S/c1-12(2)22(31)26-10-14-6-8-16(24)19(20(14)25)21-28-17(9-18(30)29-21)23-27-11-15(32-23)7-5-13-3-4-13/h6,8,11-13,17,21,28H,3-4,9-10H2,1-2H3,(H,26,31)(H,29,30). The van der Waals surface area contributed by atoms with Crippen molar-refractivity contribution in [1.29, 1.82) is 0 Å². The van der Waals surface area contributed by atoms with Gasteiger partial charge in [0.25, 0.3) is 0 Å². The molecule has 6 nitrogen and oxygen atoms in total. The van der Waals surface area contributed by atoms with Crippen molar-refractivity contribution in [3.05, 3.63) is 50.2 Å². The van der Waals surface area contributed by atoms with Crippen molar-refractivity contribution in [1.82, 2.24) is 20.9 Å². The molecule has 1 saturated heterocycles. The van der Waals surface area contributed by atoms with E-state index in [1.165, 1.54) is 17.4 Å². The first-order chi connectivity index (χ1) is 15.3. The maximum absolute atomic E-state index is 15.4. The first-order valence-corrected chi connectivity index (χ1v) is 11.8. The summed E-state index contributed by atoms with van der Waals surface area (Å²) in [5, 5.41) is 9.64. The van der Waals surface area contributed by atoms with Crippen molar-refractivity contribution in [3.8, 4) is 11.8 Å². The number of nitrogens with one attached hydrogen (secondary N) is 3. The number of carbonyl (C=O) groups is 2. The first kappa shape index (κ1) is 22.7. The van der Waals surface area contributed by atoms with Crippen LogP contribution in [-0.4, -0.2) is 16.8 Å². The minimum absolute atomic E-state index is 0.0343. The molecule has 2 aliphatic rings. The molecule has 2 unspecified atom stereocenters. The van der Waals surface area contributed by atoms with Gasteiger partial charge in [-0.15, -0.1) is 11.3 Å². The van der Waals surface area contributed by atoms with Crippen LogP contribution in [-0.2, 0) is 16.1 Å². The third-order valence-corrected chi connectivity index (χ3v) is 6.69. The minimum atomic E-state index is -0.820. The fourth-order valence-corrected chi connectivity index (χ4v) is 4.43. The lowest BCUT2D eigenvalue weighted by Crippen LogP contribution is -2.47. The van der Waals surface area contributed by atoms with E-state index in [2.05, 4.69) is 32.8 Å². The fraction of sp³-hybridized carbons (Fsp3) is 0.435. The van der Waals surface area contributed by atoms with Gasteiger partial charge in [-0.2, -0.15) is 0 Å². The van der Waals surface area contributed by atoms with Gasteiger partial charge in [0, 0.05) is 35.9 Å². The van der Waals surface area contributed by atoms with Crippen LogP contribution >= 0.6 is 22.9 Å². The molecule has 2 amide bonds. The lowest BCUT2D eigenvalue weighted by Gasteiger charge is -2.31. The molecular weight excluding hydrogens is 451 g/mol. The van der Waals surface area contributed by atoms with Crippen molar-refractivity contribution in [2.75, 3.05) is 0 Å². The zero-order valence-corrected chi connectivity index (χ0v) is 19.4. The smallest absolute Gasteiger partial charge is 0.223 e. The Kier molecular flexibility index (Phi) is 6.79. The molecule has 1 aromatic carbocycles. The summed E-state index contributed by atoms with van der Waals surface area (Å²) in [5.74, 6) is 5.67. The fourth-order valence-electron chi connectivity index (χ4n) is 3.33. The molecule has 1 aliphatic heterocycles. The minimum Gasteiger partial charge on any atom is -0.352 e. The van der Waals surface area contributed by atoms with Crippen LogP contribution in [0.3, 0.4) is 0 Å². The lowest BCUT2D eigenvalue weighted by atomic mass is 10.0. The molecule has 0 bridgehead atoms. The zero-order valence-electron chi connectivity index (χ0n) is 17.8. The van der Waals surface area contributed by atoms with E-state index in [0.717, 1.165) is 22.7 Å². The second-order valence-corrected chi connectivity index (χ2v) is 9.81. The maximum atomic E-state index is 15.4. The molecule has 9 heteroatoms. The molecule has 0 spiro atoms. The van der Waals surface area contributed by atoms with Gasteiger partial charge in [-0.25, -0.2) is 9.37 Å². The second kappa shape index (κ2) is 9.57. The zero-order chi connectivity index (χ0) is 22.8. The topological polar surface area (TPSA) is 83.1 Å². The molecule has 168 valence electrons. The second-order valence-electron chi connectivity index (χ2n) is 8.34. The van der Waals surface area contributed by atoms with E-state index in [-0.39, 0.29) is 47.3 Å². The van der Waals surface area contributed by atoms with Crippen molar-refractivity contribution in [2.45, 2.75) is 51.9 Å².